The van der Waals surface area contributed by atoms with Gasteiger partial charge in [-0.1, -0.05) is 102 Å². The number of nitrogens with zero attached hydrogens (tertiary/aromatic N) is 1. The van der Waals surface area contributed by atoms with Crippen molar-refractivity contribution in [3.8, 4) is 0 Å². The van der Waals surface area contributed by atoms with Crippen LogP contribution in [0.15, 0.2) is 82.5 Å². The zero-order valence-corrected chi connectivity index (χ0v) is 29.9. The zero-order chi connectivity index (χ0) is 33.4. The Morgan fingerprint density at radius 1 is 0.956 bits per heavy atom. The number of aromatic nitrogens is 2. The Morgan fingerprint density at radius 3 is 1.93 bits per heavy atom. The summed E-state index contributed by atoms with van der Waals surface area (Å²) in [5.41, 5.74) is -1.45. The van der Waals surface area contributed by atoms with Gasteiger partial charge in [0.05, 0.1) is 6.61 Å². The smallest absolute Gasteiger partial charge is 0.491 e. The molecule has 0 amide bonds. The maximum absolute atomic E-state index is 13.0. The molecule has 244 valence electrons. The second-order valence-electron chi connectivity index (χ2n) is 13.9. The standard InChI is InChI=1S/C31H43N2O9PSi2/c1-29(2,3)44(7,8)41-26-27(33-20-19-25(34)32-28(33)35)40-24(31(26,36)42-43(37)38)21-39-45(30(4,5)6,22-15-11-9-12-16-22)23-17-13-10-14-18-23/h9-20,24,26-27,36H,21H2,1-8H3,(H,32,34,35)/t24-,26+,27-,31+/m1/s1. The Labute approximate surface area is 266 Å². The first-order valence-electron chi connectivity index (χ1n) is 14.8. The highest BCUT2D eigenvalue weighted by atomic mass is 31.1. The van der Waals surface area contributed by atoms with Gasteiger partial charge in [0, 0.05) is 12.3 Å². The van der Waals surface area contributed by atoms with Crippen LogP contribution in [-0.4, -0.2) is 55.9 Å². The summed E-state index contributed by atoms with van der Waals surface area (Å²) >= 11 is 0. The van der Waals surface area contributed by atoms with Crippen molar-refractivity contribution < 1.29 is 32.7 Å². The molecule has 0 saturated carbocycles. The molecule has 0 radical (unpaired) electrons. The van der Waals surface area contributed by atoms with Crippen molar-refractivity contribution in [1.29, 1.82) is 0 Å². The fraction of sp³-hybridized carbons (Fsp3) is 0.484. The molecule has 2 N–H and O–H groups in total. The summed E-state index contributed by atoms with van der Waals surface area (Å²) in [4.78, 5) is 39.3. The predicted molar refractivity (Wildman–Crippen MR) is 175 cm³/mol. The monoisotopic (exact) mass is 674 g/mol. The second-order valence-corrected chi connectivity index (χ2v) is 23.6. The molecule has 1 fully saturated rings. The number of hydrogen-bond acceptors (Lipinski definition) is 9. The first-order valence-corrected chi connectivity index (χ1v) is 20.7. The van der Waals surface area contributed by atoms with Crippen LogP contribution in [0.1, 0.15) is 47.8 Å². The lowest BCUT2D eigenvalue weighted by molar-refractivity contribution is -0.256. The van der Waals surface area contributed by atoms with Crippen molar-refractivity contribution in [3.63, 3.8) is 0 Å². The molecule has 11 nitrogen and oxygen atoms in total. The predicted octanol–water partition coefficient (Wildman–Crippen LogP) is 3.12. The number of aliphatic hydroxyl groups is 1. The molecule has 0 spiro atoms. The maximum atomic E-state index is 13.0. The molecule has 1 unspecified atom stereocenters. The van der Waals surface area contributed by atoms with Crippen molar-refractivity contribution in [2.45, 2.75) is 88.9 Å². The molecule has 2 heterocycles. The number of benzene rings is 2. The van der Waals surface area contributed by atoms with Crippen molar-refractivity contribution >= 4 is 35.3 Å². The Morgan fingerprint density at radius 2 is 1.49 bits per heavy atom. The van der Waals surface area contributed by atoms with Crippen LogP contribution in [0, 0.1) is 0 Å². The molecular formula is C31H43N2O9PSi2. The third-order valence-corrected chi connectivity index (χ3v) is 18.8. The fourth-order valence-electron chi connectivity index (χ4n) is 5.55. The minimum atomic E-state index is -3.62. The minimum Gasteiger partial charge on any atom is -0.566 e. The summed E-state index contributed by atoms with van der Waals surface area (Å²) in [5, 5.41) is 13.3. The SMILES string of the molecule is CC(C)(C)[Si](C)(C)O[C@H]1[C@H](n2ccc(=O)[nH]c2=O)O[C@H](CO[Si](c2ccccc2)(c2ccccc2)C(C)(C)C)[C@]1(O)O[P+](=O)[O-]. The van der Waals surface area contributed by atoms with Gasteiger partial charge >= 0.3 is 13.9 Å². The minimum absolute atomic E-state index is 0.307. The van der Waals surface area contributed by atoms with Crippen molar-refractivity contribution in [1.82, 2.24) is 9.55 Å². The third kappa shape index (κ3) is 6.92. The lowest BCUT2D eigenvalue weighted by Gasteiger charge is -2.44. The first kappa shape index (κ1) is 35.3. The van der Waals surface area contributed by atoms with Crippen molar-refractivity contribution in [2.24, 2.45) is 0 Å². The summed E-state index contributed by atoms with van der Waals surface area (Å²) in [6.45, 7) is 15.7. The van der Waals surface area contributed by atoms with E-state index in [-0.39, 0.29) is 11.6 Å². The van der Waals surface area contributed by atoms with Crippen LogP contribution in [-0.2, 0) is 22.7 Å². The van der Waals surface area contributed by atoms with E-state index >= 15 is 0 Å². The van der Waals surface area contributed by atoms with Crippen LogP contribution in [0.2, 0.25) is 23.2 Å². The van der Waals surface area contributed by atoms with Crippen LogP contribution < -0.4 is 26.5 Å². The average Bonchev–Trinajstić information content (AvgIpc) is 3.18. The van der Waals surface area contributed by atoms with Crippen LogP contribution in [0.5, 0.6) is 0 Å². The summed E-state index contributed by atoms with van der Waals surface area (Å²) < 4.78 is 38.5. The van der Waals surface area contributed by atoms with E-state index in [1.54, 1.807) is 0 Å². The lowest BCUT2D eigenvalue weighted by Crippen LogP contribution is -2.67. The Hall–Kier alpha value is -2.59. The molecule has 1 aliphatic rings. The molecule has 3 aromatic rings. The van der Waals surface area contributed by atoms with Gasteiger partial charge in [0.1, 0.15) is 6.10 Å². The van der Waals surface area contributed by atoms with Gasteiger partial charge in [-0.15, -0.1) is 4.52 Å². The van der Waals surface area contributed by atoms with E-state index in [9.17, 15) is 24.2 Å². The summed E-state index contributed by atoms with van der Waals surface area (Å²) in [6, 6.07) is 20.7. The van der Waals surface area contributed by atoms with E-state index in [1.807, 2.05) is 94.5 Å². The molecule has 2 aromatic carbocycles. The largest absolute Gasteiger partial charge is 0.566 e. The Kier molecular flexibility index (Phi) is 10.1. The van der Waals surface area contributed by atoms with Crippen LogP contribution >= 0.6 is 8.25 Å². The van der Waals surface area contributed by atoms with E-state index in [0.29, 0.717) is 0 Å². The van der Waals surface area contributed by atoms with Gasteiger partial charge in [-0.05, 0) is 38.1 Å². The molecule has 4 rings (SSSR count). The van der Waals surface area contributed by atoms with E-state index < -0.39 is 65.4 Å². The van der Waals surface area contributed by atoms with E-state index in [4.69, 9.17) is 18.1 Å². The summed E-state index contributed by atoms with van der Waals surface area (Å²) in [6.07, 6.45) is -3.05. The van der Waals surface area contributed by atoms with Gasteiger partial charge in [0.15, 0.2) is 20.6 Å². The Balaban J connectivity index is 1.88. The molecule has 1 aromatic heterocycles. The average molecular weight is 675 g/mol. The van der Waals surface area contributed by atoms with Crippen molar-refractivity contribution in [2.75, 3.05) is 6.61 Å². The van der Waals surface area contributed by atoms with Crippen LogP contribution in [0.25, 0.3) is 0 Å². The van der Waals surface area contributed by atoms with E-state index in [1.165, 1.54) is 6.20 Å². The van der Waals surface area contributed by atoms with Gasteiger partial charge in [0.2, 0.25) is 0 Å². The molecule has 0 aliphatic carbocycles. The third-order valence-electron chi connectivity index (χ3n) is 8.87. The highest BCUT2D eigenvalue weighted by Crippen LogP contribution is 2.48. The van der Waals surface area contributed by atoms with E-state index in [2.05, 4.69) is 25.8 Å². The summed E-state index contributed by atoms with van der Waals surface area (Å²) in [7, 11) is -9.57. The molecular weight excluding hydrogens is 631 g/mol. The lowest BCUT2D eigenvalue weighted by atomic mass is 10.1. The highest BCUT2D eigenvalue weighted by molar-refractivity contribution is 7.30. The van der Waals surface area contributed by atoms with Gasteiger partial charge in [-0.2, -0.15) is 0 Å². The topological polar surface area (TPSA) is 152 Å². The Bertz CT molecular complexity index is 1560. The number of nitrogens with one attached hydrogen (secondary N) is 1. The number of H-pyrrole nitrogens is 1. The second kappa shape index (κ2) is 12.9. The molecule has 14 heteroatoms. The molecule has 5 atom stereocenters. The van der Waals surface area contributed by atoms with E-state index in [0.717, 1.165) is 21.0 Å². The zero-order valence-electron chi connectivity index (χ0n) is 27.0. The summed E-state index contributed by atoms with van der Waals surface area (Å²) in [5.74, 6) is -2.59. The van der Waals surface area contributed by atoms with Gasteiger partial charge < -0.3 is 23.6 Å². The maximum Gasteiger partial charge on any atom is 0.491 e. The fourth-order valence-corrected chi connectivity index (χ4v) is 11.8. The first-order chi connectivity index (χ1) is 20.8. The van der Waals surface area contributed by atoms with Crippen molar-refractivity contribution in [3.05, 3.63) is 93.8 Å². The highest BCUT2D eigenvalue weighted by Gasteiger charge is 2.65. The number of ether oxygens (including phenoxy) is 1. The van der Waals surface area contributed by atoms with Crippen LogP contribution in [0.4, 0.5) is 0 Å². The van der Waals surface area contributed by atoms with Gasteiger partial charge in [-0.3, -0.25) is 14.3 Å². The quantitative estimate of drug-likeness (QED) is 0.188. The number of aromatic amines is 1. The normalized spacial score (nSPS) is 23.2. The molecule has 1 saturated heterocycles. The molecule has 0 bridgehead atoms. The van der Waals surface area contributed by atoms with Crippen LogP contribution in [0.3, 0.4) is 0 Å². The molecule has 45 heavy (non-hydrogen) atoms. The molecule has 1 aliphatic heterocycles. The van der Waals surface area contributed by atoms with Gasteiger partial charge in [0.25, 0.3) is 19.7 Å². The number of rotatable bonds is 10. The number of hydrogen-bond donors (Lipinski definition) is 2. The van der Waals surface area contributed by atoms with Gasteiger partial charge in [-0.25, -0.2) is 4.79 Å².